The predicted octanol–water partition coefficient (Wildman–Crippen LogP) is 1.24. The Labute approximate surface area is 101 Å². The second-order valence-electron chi connectivity index (χ2n) is 4.04. The van der Waals surface area contributed by atoms with E-state index in [4.69, 9.17) is 4.74 Å². The van der Waals surface area contributed by atoms with Crippen molar-refractivity contribution in [3.05, 3.63) is 29.8 Å². The number of carbonyl (C=O) groups excluding carboxylic acids is 1. The molecule has 1 aromatic carbocycles. The predicted molar refractivity (Wildman–Crippen MR) is 66.0 cm³/mol. The summed E-state index contributed by atoms with van der Waals surface area (Å²) >= 11 is 0. The molecule has 0 aromatic heterocycles. The molecule has 4 nitrogen and oxygen atoms in total. The molecule has 0 aliphatic carbocycles. The van der Waals surface area contributed by atoms with Gasteiger partial charge in [0, 0.05) is 6.54 Å². The molecule has 1 amide bonds. The molecule has 17 heavy (non-hydrogen) atoms. The van der Waals surface area contributed by atoms with Gasteiger partial charge in [-0.2, -0.15) is 0 Å². The number of benzene rings is 1. The van der Waals surface area contributed by atoms with E-state index in [1.807, 2.05) is 31.2 Å². The Morgan fingerprint density at radius 2 is 2.29 bits per heavy atom. The van der Waals surface area contributed by atoms with Gasteiger partial charge in [0.15, 0.2) is 0 Å². The molecule has 0 spiro atoms. The quantitative estimate of drug-likeness (QED) is 0.827. The first-order chi connectivity index (χ1) is 8.31. The third-order valence-corrected chi connectivity index (χ3v) is 2.77. The summed E-state index contributed by atoms with van der Waals surface area (Å²) in [6.07, 6.45) is 0.966. The average molecular weight is 234 g/mol. The second-order valence-corrected chi connectivity index (χ2v) is 4.04. The first-order valence-corrected chi connectivity index (χ1v) is 6.05. The molecule has 1 fully saturated rings. The first-order valence-electron chi connectivity index (χ1n) is 6.05. The molecule has 0 saturated carbocycles. The molecular formula is C13H18N2O2. The van der Waals surface area contributed by atoms with E-state index in [0.717, 1.165) is 30.8 Å². The third-order valence-electron chi connectivity index (χ3n) is 2.77. The van der Waals surface area contributed by atoms with E-state index in [2.05, 4.69) is 10.6 Å². The summed E-state index contributed by atoms with van der Waals surface area (Å²) in [5.41, 5.74) is 0.954. The maximum Gasteiger partial charge on any atom is 0.241 e. The molecule has 1 atom stereocenters. The summed E-state index contributed by atoms with van der Waals surface area (Å²) in [5, 5.41) is 6.15. The SMILES string of the molecule is CCOc1cccc(C2NCCCNC2=O)c1. The number of nitrogens with one attached hydrogen (secondary N) is 2. The van der Waals surface area contributed by atoms with Crippen LogP contribution < -0.4 is 15.4 Å². The summed E-state index contributed by atoms with van der Waals surface area (Å²) in [6, 6.07) is 7.43. The summed E-state index contributed by atoms with van der Waals surface area (Å²) in [5.74, 6) is 0.847. The van der Waals surface area contributed by atoms with Gasteiger partial charge in [0.1, 0.15) is 11.8 Å². The smallest absolute Gasteiger partial charge is 0.241 e. The largest absolute Gasteiger partial charge is 0.494 e. The van der Waals surface area contributed by atoms with Crippen LogP contribution in [0, 0.1) is 0 Å². The number of ether oxygens (including phenoxy) is 1. The molecule has 1 aromatic rings. The van der Waals surface area contributed by atoms with Gasteiger partial charge in [0.05, 0.1) is 6.61 Å². The highest BCUT2D eigenvalue weighted by atomic mass is 16.5. The van der Waals surface area contributed by atoms with Crippen molar-refractivity contribution in [3.8, 4) is 5.75 Å². The van der Waals surface area contributed by atoms with Gasteiger partial charge >= 0.3 is 0 Å². The Bertz CT molecular complexity index is 393. The highest BCUT2D eigenvalue weighted by molar-refractivity contribution is 5.83. The van der Waals surface area contributed by atoms with Crippen molar-refractivity contribution >= 4 is 5.91 Å². The monoisotopic (exact) mass is 234 g/mol. The molecule has 2 rings (SSSR count). The van der Waals surface area contributed by atoms with Crippen LogP contribution >= 0.6 is 0 Å². The molecule has 2 N–H and O–H groups in total. The van der Waals surface area contributed by atoms with Gasteiger partial charge in [-0.05, 0) is 37.6 Å². The van der Waals surface area contributed by atoms with Crippen molar-refractivity contribution in [2.75, 3.05) is 19.7 Å². The fourth-order valence-corrected chi connectivity index (χ4v) is 1.96. The minimum atomic E-state index is -0.266. The summed E-state index contributed by atoms with van der Waals surface area (Å²) < 4.78 is 5.44. The molecule has 4 heteroatoms. The molecule has 0 radical (unpaired) electrons. The lowest BCUT2D eigenvalue weighted by atomic mass is 10.1. The van der Waals surface area contributed by atoms with Crippen LogP contribution in [0.3, 0.4) is 0 Å². The minimum Gasteiger partial charge on any atom is -0.494 e. The fourth-order valence-electron chi connectivity index (χ4n) is 1.96. The molecule has 1 unspecified atom stereocenters. The van der Waals surface area contributed by atoms with E-state index in [9.17, 15) is 4.79 Å². The van der Waals surface area contributed by atoms with Gasteiger partial charge in [-0.25, -0.2) is 0 Å². The van der Waals surface area contributed by atoms with Gasteiger partial charge in [-0.3, -0.25) is 4.79 Å². The Hall–Kier alpha value is -1.55. The second kappa shape index (κ2) is 5.68. The fraction of sp³-hybridized carbons (Fsp3) is 0.462. The Morgan fingerprint density at radius 1 is 1.41 bits per heavy atom. The van der Waals surface area contributed by atoms with Gasteiger partial charge in [-0.1, -0.05) is 12.1 Å². The third kappa shape index (κ3) is 2.97. The first kappa shape index (κ1) is 11.9. The zero-order valence-electron chi connectivity index (χ0n) is 10.0. The normalized spacial score (nSPS) is 20.5. The van der Waals surface area contributed by atoms with Crippen molar-refractivity contribution in [2.24, 2.45) is 0 Å². The summed E-state index contributed by atoms with van der Waals surface area (Å²) in [6.45, 7) is 4.17. The molecule has 1 aliphatic rings. The molecule has 1 saturated heterocycles. The highest BCUT2D eigenvalue weighted by Crippen LogP contribution is 2.20. The van der Waals surface area contributed by atoms with Gasteiger partial charge < -0.3 is 15.4 Å². The van der Waals surface area contributed by atoms with E-state index in [1.165, 1.54) is 0 Å². The minimum absolute atomic E-state index is 0.0381. The number of hydrogen-bond acceptors (Lipinski definition) is 3. The van der Waals surface area contributed by atoms with E-state index in [-0.39, 0.29) is 11.9 Å². The van der Waals surface area contributed by atoms with Crippen molar-refractivity contribution in [1.29, 1.82) is 0 Å². The lowest BCUT2D eigenvalue weighted by Crippen LogP contribution is -2.33. The van der Waals surface area contributed by atoms with Crippen LogP contribution in [0.15, 0.2) is 24.3 Å². The van der Waals surface area contributed by atoms with Crippen molar-refractivity contribution in [1.82, 2.24) is 10.6 Å². The molecule has 0 bridgehead atoms. The van der Waals surface area contributed by atoms with Crippen LogP contribution in [-0.2, 0) is 4.79 Å². The van der Waals surface area contributed by atoms with Gasteiger partial charge in [-0.15, -0.1) is 0 Å². The van der Waals surface area contributed by atoms with E-state index < -0.39 is 0 Å². The summed E-state index contributed by atoms with van der Waals surface area (Å²) in [4.78, 5) is 11.9. The van der Waals surface area contributed by atoms with E-state index in [0.29, 0.717) is 6.61 Å². The lowest BCUT2D eigenvalue weighted by molar-refractivity contribution is -0.122. The van der Waals surface area contributed by atoms with Crippen LogP contribution in [0.1, 0.15) is 24.9 Å². The van der Waals surface area contributed by atoms with Crippen molar-refractivity contribution < 1.29 is 9.53 Å². The van der Waals surface area contributed by atoms with Crippen LogP contribution in [0.5, 0.6) is 5.75 Å². The molecule has 1 aliphatic heterocycles. The van der Waals surface area contributed by atoms with Gasteiger partial charge in [0.25, 0.3) is 0 Å². The number of rotatable bonds is 3. The summed E-state index contributed by atoms with van der Waals surface area (Å²) in [7, 11) is 0. The van der Waals surface area contributed by atoms with E-state index >= 15 is 0 Å². The lowest BCUT2D eigenvalue weighted by Gasteiger charge is -2.15. The Kier molecular flexibility index (Phi) is 3.98. The van der Waals surface area contributed by atoms with Crippen LogP contribution in [0.2, 0.25) is 0 Å². The topological polar surface area (TPSA) is 50.4 Å². The zero-order chi connectivity index (χ0) is 12.1. The van der Waals surface area contributed by atoms with Crippen molar-refractivity contribution in [3.63, 3.8) is 0 Å². The Morgan fingerprint density at radius 3 is 3.12 bits per heavy atom. The zero-order valence-corrected chi connectivity index (χ0v) is 10.0. The molecule has 1 heterocycles. The average Bonchev–Trinajstić information content (AvgIpc) is 2.55. The number of amides is 1. The standard InChI is InChI=1S/C13H18N2O2/c1-2-17-11-6-3-5-10(9-11)12-13(16)15-8-4-7-14-12/h3,5-6,9,12,14H,2,4,7-8H2,1H3,(H,15,16). The maximum absolute atomic E-state index is 11.9. The number of hydrogen-bond donors (Lipinski definition) is 2. The van der Waals surface area contributed by atoms with Gasteiger partial charge in [0.2, 0.25) is 5.91 Å². The highest BCUT2D eigenvalue weighted by Gasteiger charge is 2.21. The molecular weight excluding hydrogens is 216 g/mol. The van der Waals surface area contributed by atoms with Crippen LogP contribution in [-0.4, -0.2) is 25.6 Å². The Balaban J connectivity index is 2.19. The number of carbonyl (C=O) groups is 1. The van der Waals surface area contributed by atoms with E-state index in [1.54, 1.807) is 0 Å². The van der Waals surface area contributed by atoms with Crippen LogP contribution in [0.25, 0.3) is 0 Å². The maximum atomic E-state index is 11.9. The van der Waals surface area contributed by atoms with Crippen molar-refractivity contribution in [2.45, 2.75) is 19.4 Å². The van der Waals surface area contributed by atoms with Crippen LogP contribution in [0.4, 0.5) is 0 Å². The molecule has 92 valence electrons.